The second-order valence-electron chi connectivity index (χ2n) is 7.69. The predicted octanol–water partition coefficient (Wildman–Crippen LogP) is 4.14. The Morgan fingerprint density at radius 2 is 1.80 bits per heavy atom. The molecule has 1 heterocycles. The summed E-state index contributed by atoms with van der Waals surface area (Å²) in [5.41, 5.74) is 0.239. The molecule has 1 rings (SSSR count). The fourth-order valence-electron chi connectivity index (χ4n) is 2.46. The molecule has 1 aromatic heterocycles. The van der Waals surface area contributed by atoms with Crippen LogP contribution in [0.5, 0.6) is 5.88 Å². The van der Waals surface area contributed by atoms with Crippen LogP contribution in [-0.4, -0.2) is 22.1 Å². The maximum absolute atomic E-state index is 5.63. The van der Waals surface area contributed by atoms with Crippen LogP contribution < -0.4 is 10.1 Å². The molecule has 0 atom stereocenters. The van der Waals surface area contributed by atoms with E-state index in [0.717, 1.165) is 12.2 Å². The lowest BCUT2D eigenvalue weighted by Gasteiger charge is -2.33. The molecule has 0 aliphatic carbocycles. The van der Waals surface area contributed by atoms with Crippen LogP contribution in [0.3, 0.4) is 0 Å². The molecule has 0 aliphatic heterocycles. The van der Waals surface area contributed by atoms with Gasteiger partial charge in [-0.25, -0.2) is 9.97 Å². The summed E-state index contributed by atoms with van der Waals surface area (Å²) < 4.78 is 5.63. The fourth-order valence-corrected chi connectivity index (χ4v) is 2.46. The predicted molar refractivity (Wildman–Crippen MR) is 84.1 cm³/mol. The minimum atomic E-state index is -0.0259. The third-order valence-corrected chi connectivity index (χ3v) is 2.65. The minimum absolute atomic E-state index is 0.0259. The molecule has 0 aromatic carbocycles. The zero-order valence-corrected chi connectivity index (χ0v) is 13.9. The van der Waals surface area contributed by atoms with E-state index in [1.807, 2.05) is 6.07 Å². The van der Waals surface area contributed by atoms with Crippen molar-refractivity contribution in [3.8, 4) is 5.88 Å². The van der Waals surface area contributed by atoms with Gasteiger partial charge in [-0.05, 0) is 31.6 Å². The van der Waals surface area contributed by atoms with Gasteiger partial charge in [0.15, 0.2) is 0 Å². The van der Waals surface area contributed by atoms with Crippen molar-refractivity contribution in [3.63, 3.8) is 0 Å². The number of hydrogen-bond acceptors (Lipinski definition) is 4. The molecular weight excluding hydrogens is 250 g/mol. The van der Waals surface area contributed by atoms with Crippen LogP contribution in [0.2, 0.25) is 0 Å². The third-order valence-electron chi connectivity index (χ3n) is 2.65. The Morgan fingerprint density at radius 3 is 2.35 bits per heavy atom. The van der Waals surface area contributed by atoms with Gasteiger partial charge < -0.3 is 10.1 Å². The van der Waals surface area contributed by atoms with Gasteiger partial charge in [0, 0.05) is 11.6 Å². The lowest BCUT2D eigenvalue weighted by molar-refractivity contribution is 0.261. The van der Waals surface area contributed by atoms with E-state index >= 15 is 0 Å². The first-order valence-electron chi connectivity index (χ1n) is 7.30. The average Bonchev–Trinajstić information content (AvgIpc) is 2.22. The van der Waals surface area contributed by atoms with Crippen molar-refractivity contribution in [1.82, 2.24) is 9.97 Å². The summed E-state index contributed by atoms with van der Waals surface area (Å²) in [6, 6.07) is 1.87. The topological polar surface area (TPSA) is 47.0 Å². The molecule has 4 heteroatoms. The van der Waals surface area contributed by atoms with Crippen LogP contribution in [0.4, 0.5) is 5.82 Å². The largest absolute Gasteiger partial charge is 0.477 e. The van der Waals surface area contributed by atoms with E-state index in [1.165, 1.54) is 0 Å². The van der Waals surface area contributed by atoms with Gasteiger partial charge in [-0.1, -0.05) is 34.6 Å². The Kier molecular flexibility index (Phi) is 5.37. The molecule has 0 unspecified atom stereocenters. The number of ether oxygens (including phenoxy) is 1. The highest BCUT2D eigenvalue weighted by atomic mass is 16.5. The Bertz CT molecular complexity index is 422. The van der Waals surface area contributed by atoms with Crippen molar-refractivity contribution >= 4 is 5.82 Å². The van der Waals surface area contributed by atoms with Gasteiger partial charge in [-0.3, -0.25) is 0 Å². The molecular formula is C16H29N3O. The van der Waals surface area contributed by atoms with Crippen molar-refractivity contribution < 1.29 is 4.74 Å². The first kappa shape index (κ1) is 16.7. The van der Waals surface area contributed by atoms with Crippen LogP contribution in [0.25, 0.3) is 0 Å². The van der Waals surface area contributed by atoms with E-state index in [1.54, 1.807) is 6.33 Å². The fraction of sp³-hybridized carbons (Fsp3) is 0.750. The van der Waals surface area contributed by atoms with E-state index in [0.29, 0.717) is 18.4 Å². The van der Waals surface area contributed by atoms with E-state index in [2.05, 4.69) is 63.8 Å². The molecule has 1 aromatic rings. The molecule has 0 saturated carbocycles. The number of nitrogens with zero attached hydrogens (tertiary/aromatic N) is 2. The van der Waals surface area contributed by atoms with Crippen molar-refractivity contribution in [1.29, 1.82) is 0 Å². The van der Waals surface area contributed by atoms with Crippen LogP contribution in [0.15, 0.2) is 12.4 Å². The van der Waals surface area contributed by atoms with E-state index in [-0.39, 0.29) is 11.0 Å². The minimum Gasteiger partial charge on any atom is -0.477 e. The highest BCUT2D eigenvalue weighted by molar-refractivity contribution is 5.39. The quantitative estimate of drug-likeness (QED) is 0.850. The van der Waals surface area contributed by atoms with Crippen molar-refractivity contribution in [3.05, 3.63) is 12.4 Å². The Labute approximate surface area is 123 Å². The van der Waals surface area contributed by atoms with Gasteiger partial charge in [0.25, 0.3) is 0 Å². The average molecular weight is 279 g/mol. The Morgan fingerprint density at radius 1 is 1.15 bits per heavy atom. The SMILES string of the molecule is CC(C)COc1cc(NC(C)(C)CC(C)(C)C)ncn1. The standard InChI is InChI=1S/C16H29N3O/c1-12(2)9-20-14-8-13(17-11-18-14)19-16(6,7)10-15(3,4)5/h8,11-12H,9-10H2,1-7H3,(H,17,18,19). The second-order valence-corrected chi connectivity index (χ2v) is 7.69. The lowest BCUT2D eigenvalue weighted by Crippen LogP contribution is -2.35. The molecule has 114 valence electrons. The van der Waals surface area contributed by atoms with E-state index < -0.39 is 0 Å². The molecule has 0 aliphatic rings. The van der Waals surface area contributed by atoms with Gasteiger partial charge in [0.1, 0.15) is 12.1 Å². The summed E-state index contributed by atoms with van der Waals surface area (Å²) in [4.78, 5) is 8.42. The summed E-state index contributed by atoms with van der Waals surface area (Å²) >= 11 is 0. The Hall–Kier alpha value is -1.32. The van der Waals surface area contributed by atoms with Gasteiger partial charge in [-0.2, -0.15) is 0 Å². The lowest BCUT2D eigenvalue weighted by atomic mass is 9.82. The van der Waals surface area contributed by atoms with Crippen LogP contribution in [0.1, 0.15) is 54.9 Å². The molecule has 20 heavy (non-hydrogen) atoms. The normalized spacial score (nSPS) is 12.6. The Balaban J connectivity index is 2.70. The number of aromatic nitrogens is 2. The van der Waals surface area contributed by atoms with Crippen LogP contribution >= 0.6 is 0 Å². The molecule has 0 saturated heterocycles. The second kappa shape index (κ2) is 6.42. The molecule has 1 N–H and O–H groups in total. The van der Waals surface area contributed by atoms with Crippen molar-refractivity contribution in [2.45, 2.75) is 60.4 Å². The molecule has 4 nitrogen and oxygen atoms in total. The molecule has 0 amide bonds. The zero-order valence-electron chi connectivity index (χ0n) is 13.9. The summed E-state index contributed by atoms with van der Waals surface area (Å²) in [6.07, 6.45) is 2.59. The summed E-state index contributed by atoms with van der Waals surface area (Å²) in [5.74, 6) is 1.93. The molecule has 0 bridgehead atoms. The smallest absolute Gasteiger partial charge is 0.218 e. The van der Waals surface area contributed by atoms with Gasteiger partial charge in [0.05, 0.1) is 6.61 Å². The number of hydrogen-bond donors (Lipinski definition) is 1. The molecule has 0 radical (unpaired) electrons. The van der Waals surface area contributed by atoms with E-state index in [4.69, 9.17) is 4.74 Å². The first-order chi connectivity index (χ1) is 9.07. The van der Waals surface area contributed by atoms with Crippen LogP contribution in [0, 0.1) is 11.3 Å². The number of nitrogens with one attached hydrogen (secondary N) is 1. The first-order valence-corrected chi connectivity index (χ1v) is 7.30. The summed E-state index contributed by atoms with van der Waals surface area (Å²) in [7, 11) is 0. The summed E-state index contributed by atoms with van der Waals surface area (Å²) in [5, 5.41) is 3.47. The summed E-state index contributed by atoms with van der Waals surface area (Å²) in [6.45, 7) is 16.0. The maximum atomic E-state index is 5.63. The maximum Gasteiger partial charge on any atom is 0.218 e. The van der Waals surface area contributed by atoms with Gasteiger partial charge in [0.2, 0.25) is 5.88 Å². The number of rotatable bonds is 6. The van der Waals surface area contributed by atoms with Gasteiger partial charge in [-0.15, -0.1) is 0 Å². The van der Waals surface area contributed by atoms with E-state index in [9.17, 15) is 0 Å². The third kappa shape index (κ3) is 6.73. The van der Waals surface area contributed by atoms with Crippen LogP contribution in [-0.2, 0) is 0 Å². The zero-order chi connectivity index (χ0) is 15.4. The van der Waals surface area contributed by atoms with Gasteiger partial charge >= 0.3 is 0 Å². The molecule has 0 fully saturated rings. The monoisotopic (exact) mass is 279 g/mol. The highest BCUT2D eigenvalue weighted by Crippen LogP contribution is 2.29. The highest BCUT2D eigenvalue weighted by Gasteiger charge is 2.25. The van der Waals surface area contributed by atoms with Crippen molar-refractivity contribution in [2.24, 2.45) is 11.3 Å². The molecule has 0 spiro atoms. The van der Waals surface area contributed by atoms with Crippen molar-refractivity contribution in [2.75, 3.05) is 11.9 Å². The number of anilines is 1.